The first-order valence-electron chi connectivity index (χ1n) is 6.65. The smallest absolute Gasteiger partial charge is 0.326 e. The Labute approximate surface area is 128 Å². The quantitative estimate of drug-likeness (QED) is 0.787. The van der Waals surface area contributed by atoms with Gasteiger partial charge >= 0.3 is 6.18 Å². The number of halogens is 3. The molecule has 1 aromatic heterocycles. The van der Waals surface area contributed by atoms with Gasteiger partial charge in [-0.3, -0.25) is 4.79 Å². The third kappa shape index (κ3) is 3.15. The van der Waals surface area contributed by atoms with Crippen LogP contribution in [0.2, 0.25) is 0 Å². The number of amides is 1. The molecular weight excluding hydrogens is 309 g/mol. The summed E-state index contributed by atoms with van der Waals surface area (Å²) in [7, 11) is 0. The third-order valence-electron chi connectivity index (χ3n) is 3.11. The van der Waals surface area contributed by atoms with Gasteiger partial charge in [0.1, 0.15) is 11.0 Å². The van der Waals surface area contributed by atoms with Gasteiger partial charge in [-0.2, -0.15) is 18.0 Å². The maximum Gasteiger partial charge on any atom is 0.416 e. The zero-order valence-electron chi connectivity index (χ0n) is 11.9. The second-order valence-corrected chi connectivity index (χ2v) is 4.92. The molecule has 8 heteroatoms. The zero-order chi connectivity index (χ0) is 16.6. The molecule has 0 saturated carbocycles. The van der Waals surface area contributed by atoms with Crippen molar-refractivity contribution in [3.63, 3.8) is 0 Å². The molecule has 3 rings (SSSR count). The molecule has 0 spiro atoms. The van der Waals surface area contributed by atoms with Gasteiger partial charge in [0.25, 0.3) is 0 Å². The number of fused-ring (bicyclic) bond motifs is 1. The van der Waals surface area contributed by atoms with Crippen molar-refractivity contribution >= 4 is 22.6 Å². The summed E-state index contributed by atoms with van der Waals surface area (Å²) in [6.45, 7) is 1.38. The highest BCUT2D eigenvalue weighted by Crippen LogP contribution is 2.30. The van der Waals surface area contributed by atoms with Crippen LogP contribution in [0.1, 0.15) is 12.5 Å². The monoisotopic (exact) mass is 320 g/mol. The number of anilines is 1. The number of benzene rings is 2. The second kappa shape index (κ2) is 5.38. The number of hydrogen-bond acceptors (Lipinski definition) is 3. The summed E-state index contributed by atoms with van der Waals surface area (Å²) >= 11 is 0. The zero-order valence-corrected chi connectivity index (χ0v) is 11.9. The van der Waals surface area contributed by atoms with Crippen LogP contribution in [-0.2, 0) is 11.0 Å². The molecule has 118 valence electrons. The Morgan fingerprint density at radius 1 is 1.09 bits per heavy atom. The van der Waals surface area contributed by atoms with Crippen LogP contribution < -0.4 is 5.32 Å². The molecule has 0 radical (unpaired) electrons. The highest BCUT2D eigenvalue weighted by Gasteiger charge is 2.30. The molecule has 23 heavy (non-hydrogen) atoms. The summed E-state index contributed by atoms with van der Waals surface area (Å²) in [6, 6.07) is 9.65. The van der Waals surface area contributed by atoms with Crippen LogP contribution in [0.25, 0.3) is 16.7 Å². The molecule has 0 bridgehead atoms. The number of nitrogens with zero attached hydrogens (tertiary/aromatic N) is 3. The van der Waals surface area contributed by atoms with E-state index in [-0.39, 0.29) is 11.6 Å². The predicted molar refractivity (Wildman–Crippen MR) is 78.2 cm³/mol. The van der Waals surface area contributed by atoms with Gasteiger partial charge in [-0.05, 0) is 36.4 Å². The third-order valence-corrected chi connectivity index (χ3v) is 3.11. The minimum atomic E-state index is -4.43. The average molecular weight is 320 g/mol. The number of rotatable bonds is 2. The van der Waals surface area contributed by atoms with Gasteiger partial charge in [0, 0.05) is 12.6 Å². The van der Waals surface area contributed by atoms with E-state index in [1.165, 1.54) is 19.1 Å². The van der Waals surface area contributed by atoms with Crippen LogP contribution in [-0.4, -0.2) is 20.9 Å². The van der Waals surface area contributed by atoms with E-state index in [0.717, 1.165) is 16.9 Å². The number of carbonyl (C=O) groups excluding carboxylic acids is 1. The molecule has 1 heterocycles. The summed E-state index contributed by atoms with van der Waals surface area (Å²) in [4.78, 5) is 12.2. The lowest BCUT2D eigenvalue weighted by molar-refractivity contribution is -0.137. The summed E-state index contributed by atoms with van der Waals surface area (Å²) in [5.41, 5.74) is 0.957. The Morgan fingerprint density at radius 2 is 1.83 bits per heavy atom. The van der Waals surface area contributed by atoms with Crippen LogP contribution in [0.4, 0.5) is 18.9 Å². The summed E-state index contributed by atoms with van der Waals surface area (Å²) in [5, 5.41) is 10.9. The fourth-order valence-electron chi connectivity index (χ4n) is 2.12. The molecule has 0 aliphatic rings. The molecule has 3 aromatic rings. The highest BCUT2D eigenvalue weighted by atomic mass is 19.4. The Balaban J connectivity index is 2.02. The van der Waals surface area contributed by atoms with E-state index in [4.69, 9.17) is 0 Å². The highest BCUT2D eigenvalue weighted by molar-refractivity contribution is 5.91. The van der Waals surface area contributed by atoms with Gasteiger partial charge in [-0.25, -0.2) is 0 Å². The Morgan fingerprint density at radius 3 is 2.52 bits per heavy atom. The Bertz CT molecular complexity index is 886. The predicted octanol–water partition coefficient (Wildman–Crippen LogP) is 3.40. The SMILES string of the molecule is CC(=O)Nc1ccc2nn(-c3cccc(C(F)(F)F)c3)nc2c1. The number of nitrogens with one attached hydrogen (secondary N) is 1. The molecule has 2 aromatic carbocycles. The van der Waals surface area contributed by atoms with Crippen LogP contribution in [0, 0.1) is 0 Å². The fourth-order valence-corrected chi connectivity index (χ4v) is 2.12. The summed E-state index contributed by atoms with van der Waals surface area (Å²) in [6.07, 6.45) is -4.43. The van der Waals surface area contributed by atoms with E-state index in [9.17, 15) is 18.0 Å². The molecule has 1 amide bonds. The van der Waals surface area contributed by atoms with Gasteiger partial charge in [-0.15, -0.1) is 10.2 Å². The molecular formula is C15H11F3N4O. The van der Waals surface area contributed by atoms with Crippen molar-refractivity contribution in [3.8, 4) is 5.69 Å². The number of hydrogen-bond donors (Lipinski definition) is 1. The van der Waals surface area contributed by atoms with Gasteiger partial charge in [0.15, 0.2) is 0 Å². The molecule has 0 saturated heterocycles. The molecule has 0 aliphatic carbocycles. The van der Waals surface area contributed by atoms with E-state index in [1.807, 2.05) is 0 Å². The van der Waals surface area contributed by atoms with E-state index in [1.54, 1.807) is 18.2 Å². The first-order chi connectivity index (χ1) is 10.8. The molecule has 0 aliphatic heterocycles. The first kappa shape index (κ1) is 15.0. The molecule has 0 atom stereocenters. The van der Waals surface area contributed by atoms with Crippen molar-refractivity contribution in [2.75, 3.05) is 5.32 Å². The molecule has 1 N–H and O–H groups in total. The second-order valence-electron chi connectivity index (χ2n) is 4.92. The topological polar surface area (TPSA) is 59.8 Å². The van der Waals surface area contributed by atoms with Crippen molar-refractivity contribution in [1.29, 1.82) is 0 Å². The minimum Gasteiger partial charge on any atom is -0.326 e. The summed E-state index contributed by atoms with van der Waals surface area (Å²) < 4.78 is 38.3. The van der Waals surface area contributed by atoms with Gasteiger partial charge in [0.05, 0.1) is 11.3 Å². The molecule has 5 nitrogen and oxygen atoms in total. The lowest BCUT2D eigenvalue weighted by Crippen LogP contribution is -2.07. The number of aromatic nitrogens is 3. The van der Waals surface area contributed by atoms with E-state index < -0.39 is 11.7 Å². The van der Waals surface area contributed by atoms with Crippen molar-refractivity contribution in [2.24, 2.45) is 0 Å². The van der Waals surface area contributed by atoms with Gasteiger partial charge < -0.3 is 5.32 Å². The standard InChI is InChI=1S/C15H11F3N4O/c1-9(23)19-11-5-6-13-14(8-11)21-22(20-13)12-4-2-3-10(7-12)15(16,17)18/h2-8H,1H3,(H,19,23). The van der Waals surface area contributed by atoms with Crippen LogP contribution in [0.5, 0.6) is 0 Å². The maximum absolute atomic E-state index is 12.8. The number of carbonyl (C=O) groups is 1. The van der Waals surface area contributed by atoms with Crippen LogP contribution in [0.15, 0.2) is 42.5 Å². The van der Waals surface area contributed by atoms with E-state index in [2.05, 4.69) is 15.5 Å². The lowest BCUT2D eigenvalue weighted by atomic mass is 10.2. The van der Waals surface area contributed by atoms with Crippen molar-refractivity contribution < 1.29 is 18.0 Å². The molecule has 0 fully saturated rings. The molecule has 0 unspecified atom stereocenters. The first-order valence-corrected chi connectivity index (χ1v) is 6.65. The summed E-state index contributed by atoms with van der Waals surface area (Å²) in [5.74, 6) is -0.227. The van der Waals surface area contributed by atoms with Gasteiger partial charge in [-0.1, -0.05) is 6.07 Å². The Kier molecular flexibility index (Phi) is 3.51. The Hall–Kier alpha value is -2.90. The van der Waals surface area contributed by atoms with Crippen LogP contribution >= 0.6 is 0 Å². The fraction of sp³-hybridized carbons (Fsp3) is 0.133. The van der Waals surface area contributed by atoms with E-state index >= 15 is 0 Å². The normalized spacial score (nSPS) is 11.7. The largest absolute Gasteiger partial charge is 0.416 e. The van der Waals surface area contributed by atoms with Crippen molar-refractivity contribution in [2.45, 2.75) is 13.1 Å². The van der Waals surface area contributed by atoms with Crippen LogP contribution in [0.3, 0.4) is 0 Å². The van der Waals surface area contributed by atoms with Crippen molar-refractivity contribution in [3.05, 3.63) is 48.0 Å². The lowest BCUT2D eigenvalue weighted by Gasteiger charge is -2.07. The van der Waals surface area contributed by atoms with Gasteiger partial charge in [0.2, 0.25) is 5.91 Å². The minimum absolute atomic E-state index is 0.206. The van der Waals surface area contributed by atoms with E-state index in [0.29, 0.717) is 16.7 Å². The maximum atomic E-state index is 12.8. The number of alkyl halides is 3. The van der Waals surface area contributed by atoms with Crippen molar-refractivity contribution in [1.82, 2.24) is 15.0 Å². The average Bonchev–Trinajstić information content (AvgIpc) is 2.89.